The van der Waals surface area contributed by atoms with Crippen LogP contribution >= 0.6 is 0 Å². The third kappa shape index (κ3) is 22.4. The van der Waals surface area contributed by atoms with Crippen LogP contribution in [0.2, 0.25) is 0 Å². The highest BCUT2D eigenvalue weighted by Gasteiger charge is 2.01. The van der Waals surface area contributed by atoms with E-state index in [1.54, 1.807) is 0 Å². The van der Waals surface area contributed by atoms with E-state index >= 15 is 0 Å². The summed E-state index contributed by atoms with van der Waals surface area (Å²) in [7, 11) is 0. The van der Waals surface area contributed by atoms with Crippen molar-refractivity contribution in [3.8, 4) is 0 Å². The van der Waals surface area contributed by atoms with Gasteiger partial charge in [-0.2, -0.15) is 0 Å². The average molecular weight is 204 g/mol. The molecule has 0 bridgehead atoms. The van der Waals surface area contributed by atoms with Gasteiger partial charge in [-0.25, -0.2) is 0 Å². The maximum atomic E-state index is 10.7. The summed E-state index contributed by atoms with van der Waals surface area (Å²) in [5.74, 6) is -0.461. The third-order valence-corrected chi connectivity index (χ3v) is 1.03. The lowest BCUT2D eigenvalue weighted by Gasteiger charge is -2.05. The molecule has 0 aromatic rings. The number of carbonyl (C=O) groups excluding carboxylic acids is 1. The normalized spacial score (nSPS) is 8.93. The molecule has 0 fully saturated rings. The number of carboxylic acid groups (broad SMARTS) is 1. The molecule has 0 aliphatic heterocycles. The van der Waals surface area contributed by atoms with E-state index in [4.69, 9.17) is 14.6 Å². The van der Waals surface area contributed by atoms with Gasteiger partial charge in [-0.3, -0.25) is 9.59 Å². The third-order valence-electron chi connectivity index (χ3n) is 1.03. The Morgan fingerprint density at radius 1 is 1.36 bits per heavy atom. The number of hydrogen-bond donors (Lipinski definition) is 1. The number of hydrogen-bond acceptors (Lipinski definition) is 3. The van der Waals surface area contributed by atoms with E-state index in [1.807, 2.05) is 20.8 Å². The van der Waals surface area contributed by atoms with E-state index in [0.29, 0.717) is 18.9 Å². The van der Waals surface area contributed by atoms with Gasteiger partial charge < -0.3 is 9.84 Å². The minimum atomic E-state index is -0.833. The molecule has 0 aromatic carbocycles. The number of rotatable bonds is 4. The highest BCUT2D eigenvalue weighted by Crippen LogP contribution is 1.96. The molecule has 0 atom stereocenters. The maximum Gasteiger partial charge on any atom is 0.305 e. The average Bonchev–Trinajstić information content (AvgIpc) is 2.00. The fraction of sp³-hybridized carbons (Fsp3) is 0.800. The highest BCUT2D eigenvalue weighted by molar-refractivity contribution is 5.69. The first-order valence-electron chi connectivity index (χ1n) is 4.75. The van der Waals surface area contributed by atoms with Gasteiger partial charge in [0.25, 0.3) is 5.97 Å². The number of ether oxygens (including phenoxy) is 1. The topological polar surface area (TPSA) is 63.6 Å². The first kappa shape index (κ1) is 15.4. The maximum absolute atomic E-state index is 10.7. The molecule has 0 aliphatic rings. The van der Waals surface area contributed by atoms with Crippen LogP contribution in [-0.2, 0) is 14.3 Å². The summed E-state index contributed by atoms with van der Waals surface area (Å²) in [5, 5.41) is 7.42. The van der Waals surface area contributed by atoms with Crippen LogP contribution in [0.1, 0.15) is 40.5 Å². The molecule has 1 N–H and O–H groups in total. The summed E-state index contributed by atoms with van der Waals surface area (Å²) in [4.78, 5) is 19.7. The second-order valence-corrected chi connectivity index (χ2v) is 3.35. The van der Waals surface area contributed by atoms with E-state index in [2.05, 4.69) is 0 Å². The van der Waals surface area contributed by atoms with Gasteiger partial charge in [0.2, 0.25) is 0 Å². The van der Waals surface area contributed by atoms with Crippen molar-refractivity contribution in [2.45, 2.75) is 40.5 Å². The molecule has 14 heavy (non-hydrogen) atoms. The molecule has 0 amide bonds. The zero-order valence-electron chi connectivity index (χ0n) is 9.37. The molecule has 0 unspecified atom stereocenters. The minimum Gasteiger partial charge on any atom is -0.481 e. The molecule has 0 heterocycles. The van der Waals surface area contributed by atoms with Crippen molar-refractivity contribution < 1.29 is 19.4 Å². The van der Waals surface area contributed by atoms with Gasteiger partial charge >= 0.3 is 5.97 Å². The smallest absolute Gasteiger partial charge is 0.305 e. The van der Waals surface area contributed by atoms with Gasteiger partial charge in [-0.05, 0) is 12.3 Å². The molecule has 84 valence electrons. The minimum absolute atomic E-state index is 0.0730. The molecular weight excluding hydrogens is 184 g/mol. The van der Waals surface area contributed by atoms with Gasteiger partial charge in [0.1, 0.15) is 0 Å². The van der Waals surface area contributed by atoms with Crippen molar-refractivity contribution in [2.75, 3.05) is 6.61 Å². The quantitative estimate of drug-likeness (QED) is 0.712. The lowest BCUT2D eigenvalue weighted by atomic mass is 10.2. The van der Waals surface area contributed by atoms with Crippen molar-refractivity contribution in [2.24, 2.45) is 5.92 Å². The summed E-state index contributed by atoms with van der Waals surface area (Å²) in [6.45, 7) is 7.66. The number of carbonyl (C=O) groups is 2. The predicted molar refractivity (Wildman–Crippen MR) is 54.0 cm³/mol. The molecule has 0 saturated carbocycles. The van der Waals surface area contributed by atoms with Crippen LogP contribution < -0.4 is 0 Å². The van der Waals surface area contributed by atoms with Gasteiger partial charge in [0.15, 0.2) is 0 Å². The van der Waals surface area contributed by atoms with Crippen LogP contribution in [0.4, 0.5) is 0 Å². The van der Waals surface area contributed by atoms with E-state index in [0.717, 1.165) is 13.3 Å². The number of aliphatic carboxylic acids is 1. The number of esters is 1. The molecule has 0 spiro atoms. The summed E-state index contributed by atoms with van der Waals surface area (Å²) in [6.07, 6.45) is 1.42. The van der Waals surface area contributed by atoms with Crippen molar-refractivity contribution >= 4 is 11.9 Å². The molecule has 0 rings (SSSR count). The molecular formula is C10H20O4. The summed E-state index contributed by atoms with van der Waals surface area (Å²) in [6, 6.07) is 0. The SMILES string of the molecule is CC(=O)O.CCCC(=O)OCC(C)C. The second-order valence-electron chi connectivity index (χ2n) is 3.35. The molecule has 4 heteroatoms. The van der Waals surface area contributed by atoms with Crippen LogP contribution in [-0.4, -0.2) is 23.7 Å². The summed E-state index contributed by atoms with van der Waals surface area (Å²) in [5.41, 5.74) is 0. The molecule has 0 aromatic heterocycles. The van der Waals surface area contributed by atoms with Crippen LogP contribution in [0.3, 0.4) is 0 Å². The Hall–Kier alpha value is -1.06. The standard InChI is InChI=1S/C8H16O2.C2H4O2/c1-4-5-8(9)10-6-7(2)3;1-2(3)4/h7H,4-6H2,1-3H3;1H3,(H,3,4). The van der Waals surface area contributed by atoms with E-state index in [9.17, 15) is 4.79 Å². The van der Waals surface area contributed by atoms with Crippen LogP contribution in [0, 0.1) is 5.92 Å². The largest absolute Gasteiger partial charge is 0.481 e. The molecule has 0 saturated heterocycles. The zero-order chi connectivity index (χ0) is 11.6. The first-order valence-corrected chi connectivity index (χ1v) is 4.75. The molecule has 0 aliphatic carbocycles. The fourth-order valence-corrected chi connectivity index (χ4v) is 0.536. The molecule has 4 nitrogen and oxygen atoms in total. The van der Waals surface area contributed by atoms with Crippen molar-refractivity contribution in [3.63, 3.8) is 0 Å². The predicted octanol–water partition coefficient (Wildman–Crippen LogP) is 2.08. The lowest BCUT2D eigenvalue weighted by molar-refractivity contribution is -0.144. The van der Waals surface area contributed by atoms with Crippen molar-refractivity contribution in [1.82, 2.24) is 0 Å². The highest BCUT2D eigenvalue weighted by atomic mass is 16.5. The van der Waals surface area contributed by atoms with Crippen molar-refractivity contribution in [3.05, 3.63) is 0 Å². The second kappa shape index (κ2) is 10.0. The van der Waals surface area contributed by atoms with E-state index < -0.39 is 5.97 Å². The Morgan fingerprint density at radius 2 is 1.79 bits per heavy atom. The summed E-state index contributed by atoms with van der Waals surface area (Å²) >= 11 is 0. The van der Waals surface area contributed by atoms with Gasteiger partial charge in [-0.15, -0.1) is 0 Å². The van der Waals surface area contributed by atoms with Crippen LogP contribution in [0.5, 0.6) is 0 Å². The fourth-order valence-electron chi connectivity index (χ4n) is 0.536. The van der Waals surface area contributed by atoms with Gasteiger partial charge in [0, 0.05) is 13.3 Å². The Balaban J connectivity index is 0. The monoisotopic (exact) mass is 204 g/mol. The Bertz CT molecular complexity index is 160. The Kier molecular flexibility index (Phi) is 11.0. The van der Waals surface area contributed by atoms with Crippen LogP contribution in [0.25, 0.3) is 0 Å². The Morgan fingerprint density at radius 3 is 2.07 bits per heavy atom. The Labute approximate surface area is 85.3 Å². The van der Waals surface area contributed by atoms with Gasteiger partial charge in [-0.1, -0.05) is 20.8 Å². The zero-order valence-corrected chi connectivity index (χ0v) is 9.37. The van der Waals surface area contributed by atoms with Crippen LogP contribution in [0.15, 0.2) is 0 Å². The van der Waals surface area contributed by atoms with E-state index in [-0.39, 0.29) is 5.97 Å². The van der Waals surface area contributed by atoms with Crippen molar-refractivity contribution in [1.29, 1.82) is 0 Å². The molecule has 0 radical (unpaired) electrons. The summed E-state index contributed by atoms with van der Waals surface area (Å²) < 4.78 is 4.90. The van der Waals surface area contributed by atoms with Gasteiger partial charge in [0.05, 0.1) is 6.61 Å². The number of carboxylic acids is 1. The van der Waals surface area contributed by atoms with E-state index in [1.165, 1.54) is 0 Å². The lowest BCUT2D eigenvalue weighted by Crippen LogP contribution is -2.08. The first-order chi connectivity index (χ1) is 6.40.